The van der Waals surface area contributed by atoms with E-state index in [1.807, 2.05) is 6.08 Å². The molecule has 0 unspecified atom stereocenters. The van der Waals surface area contributed by atoms with Gasteiger partial charge in [0, 0.05) is 14.2 Å². The Labute approximate surface area is 189 Å². The molecule has 0 bridgehead atoms. The molecule has 1 aromatic carbocycles. The molecule has 4 nitrogen and oxygen atoms in total. The molecule has 0 N–H and O–H groups in total. The van der Waals surface area contributed by atoms with E-state index in [1.165, 1.54) is 55.2 Å². The van der Waals surface area contributed by atoms with Gasteiger partial charge in [0.2, 0.25) is 0 Å². The zero-order chi connectivity index (χ0) is 22.3. The summed E-state index contributed by atoms with van der Waals surface area (Å²) in [6.07, 6.45) is 13.3. The standard InChI is InChI=1S/C27H42O4/c1-6-22-17-23(26(30-19-28-4)13-9-7-10-14-26)25(21(2)3)24(18-22)27(31-20-29-5)15-11-8-12-16-27/h6,17-18,21H,1,7-16,19-20H2,2-5H3. The van der Waals surface area contributed by atoms with E-state index in [1.54, 1.807) is 14.2 Å². The molecule has 2 aliphatic carbocycles. The number of hydrogen-bond donors (Lipinski definition) is 0. The molecule has 0 heterocycles. The molecule has 0 spiro atoms. The molecular weight excluding hydrogens is 388 g/mol. The monoisotopic (exact) mass is 430 g/mol. The Kier molecular flexibility index (Phi) is 8.74. The van der Waals surface area contributed by atoms with Crippen molar-refractivity contribution in [2.75, 3.05) is 27.8 Å². The van der Waals surface area contributed by atoms with Crippen LogP contribution in [0.25, 0.3) is 6.08 Å². The molecule has 174 valence electrons. The Morgan fingerprint density at radius 2 is 1.23 bits per heavy atom. The molecule has 0 atom stereocenters. The maximum atomic E-state index is 6.53. The zero-order valence-corrected chi connectivity index (χ0v) is 20.1. The summed E-state index contributed by atoms with van der Waals surface area (Å²) >= 11 is 0. The van der Waals surface area contributed by atoms with Gasteiger partial charge >= 0.3 is 0 Å². The van der Waals surface area contributed by atoms with Gasteiger partial charge in [0.1, 0.15) is 13.6 Å². The molecule has 2 aliphatic rings. The Bertz CT molecular complexity index is 661. The van der Waals surface area contributed by atoms with Crippen molar-refractivity contribution < 1.29 is 18.9 Å². The van der Waals surface area contributed by atoms with Crippen LogP contribution in [-0.4, -0.2) is 27.8 Å². The highest BCUT2D eigenvalue weighted by Gasteiger charge is 2.43. The Hall–Kier alpha value is -1.20. The molecule has 1 aromatic rings. The fraction of sp³-hybridized carbons (Fsp3) is 0.704. The van der Waals surface area contributed by atoms with E-state index in [0.29, 0.717) is 19.5 Å². The summed E-state index contributed by atoms with van der Waals surface area (Å²) in [6, 6.07) is 4.64. The number of methoxy groups -OCH3 is 2. The van der Waals surface area contributed by atoms with E-state index in [0.717, 1.165) is 31.2 Å². The van der Waals surface area contributed by atoms with Gasteiger partial charge in [-0.05, 0) is 66.0 Å². The lowest BCUT2D eigenvalue weighted by atomic mass is 9.69. The molecule has 0 saturated heterocycles. The zero-order valence-electron chi connectivity index (χ0n) is 20.1. The minimum atomic E-state index is -0.307. The van der Waals surface area contributed by atoms with Gasteiger partial charge < -0.3 is 18.9 Å². The lowest BCUT2D eigenvalue weighted by molar-refractivity contribution is -0.154. The third-order valence-corrected chi connectivity index (χ3v) is 7.23. The predicted octanol–water partition coefficient (Wildman–Crippen LogP) is 7.01. The van der Waals surface area contributed by atoms with E-state index >= 15 is 0 Å². The second-order valence-corrected chi connectivity index (χ2v) is 9.60. The molecule has 3 rings (SSSR count). The first kappa shape index (κ1) is 24.4. The van der Waals surface area contributed by atoms with Gasteiger partial charge in [-0.1, -0.05) is 65.0 Å². The van der Waals surface area contributed by atoms with Gasteiger partial charge in [-0.2, -0.15) is 0 Å². The average molecular weight is 431 g/mol. The van der Waals surface area contributed by atoms with Crippen molar-refractivity contribution in [3.05, 3.63) is 41.0 Å². The molecule has 0 amide bonds. The van der Waals surface area contributed by atoms with Crippen LogP contribution >= 0.6 is 0 Å². The molecule has 0 radical (unpaired) electrons. The summed E-state index contributed by atoms with van der Waals surface area (Å²) in [5, 5.41) is 0. The quantitative estimate of drug-likeness (QED) is 0.374. The minimum absolute atomic E-state index is 0.307. The van der Waals surface area contributed by atoms with Gasteiger partial charge in [0.05, 0.1) is 11.2 Å². The first-order chi connectivity index (χ1) is 15.0. The van der Waals surface area contributed by atoms with Crippen molar-refractivity contribution in [1.82, 2.24) is 0 Å². The highest BCUT2D eigenvalue weighted by Crippen LogP contribution is 2.50. The van der Waals surface area contributed by atoms with Gasteiger partial charge in [-0.3, -0.25) is 0 Å². The van der Waals surface area contributed by atoms with Crippen LogP contribution in [0, 0.1) is 0 Å². The summed E-state index contributed by atoms with van der Waals surface area (Å²) in [4.78, 5) is 0. The van der Waals surface area contributed by atoms with E-state index < -0.39 is 0 Å². The second-order valence-electron chi connectivity index (χ2n) is 9.60. The smallest absolute Gasteiger partial charge is 0.147 e. The SMILES string of the molecule is C=Cc1cc(C2(OCOC)CCCCC2)c(C(C)C)c(C2(OCOC)CCCCC2)c1. The van der Waals surface area contributed by atoms with Crippen LogP contribution < -0.4 is 0 Å². The van der Waals surface area contributed by atoms with Crippen LogP contribution in [-0.2, 0) is 30.1 Å². The van der Waals surface area contributed by atoms with E-state index in [-0.39, 0.29) is 11.2 Å². The molecule has 0 aliphatic heterocycles. The van der Waals surface area contributed by atoms with Crippen LogP contribution in [0.15, 0.2) is 18.7 Å². The average Bonchev–Trinajstić information content (AvgIpc) is 2.81. The summed E-state index contributed by atoms with van der Waals surface area (Å²) in [7, 11) is 3.42. The maximum absolute atomic E-state index is 6.53. The number of ether oxygens (including phenoxy) is 4. The fourth-order valence-corrected chi connectivity index (χ4v) is 5.74. The van der Waals surface area contributed by atoms with Crippen molar-refractivity contribution >= 4 is 6.08 Å². The molecule has 2 fully saturated rings. The lowest BCUT2D eigenvalue weighted by Crippen LogP contribution is -2.38. The Balaban J connectivity index is 2.23. The first-order valence-corrected chi connectivity index (χ1v) is 12.1. The highest BCUT2D eigenvalue weighted by atomic mass is 16.7. The van der Waals surface area contributed by atoms with Crippen molar-refractivity contribution in [3.8, 4) is 0 Å². The number of hydrogen-bond acceptors (Lipinski definition) is 4. The van der Waals surface area contributed by atoms with Crippen LogP contribution in [0.1, 0.15) is 106 Å². The van der Waals surface area contributed by atoms with Gasteiger partial charge in [-0.25, -0.2) is 0 Å². The Morgan fingerprint density at radius 3 is 1.55 bits per heavy atom. The molecule has 2 saturated carbocycles. The van der Waals surface area contributed by atoms with Crippen LogP contribution in [0.5, 0.6) is 0 Å². The number of benzene rings is 1. The van der Waals surface area contributed by atoms with Crippen molar-refractivity contribution in [3.63, 3.8) is 0 Å². The van der Waals surface area contributed by atoms with Crippen molar-refractivity contribution in [1.29, 1.82) is 0 Å². The molecule has 31 heavy (non-hydrogen) atoms. The lowest BCUT2D eigenvalue weighted by Gasteiger charge is -2.44. The third kappa shape index (κ3) is 5.24. The Morgan fingerprint density at radius 1 is 0.806 bits per heavy atom. The van der Waals surface area contributed by atoms with Crippen LogP contribution in [0.3, 0.4) is 0 Å². The minimum Gasteiger partial charge on any atom is -0.359 e. The van der Waals surface area contributed by atoms with Crippen molar-refractivity contribution in [2.45, 2.75) is 95.2 Å². The summed E-state index contributed by atoms with van der Waals surface area (Å²) in [5.41, 5.74) is 4.56. The van der Waals surface area contributed by atoms with E-state index in [9.17, 15) is 0 Å². The number of rotatable bonds is 10. The molecule has 4 heteroatoms. The molecule has 0 aromatic heterocycles. The van der Waals surface area contributed by atoms with Crippen LogP contribution in [0.2, 0.25) is 0 Å². The molecular formula is C27H42O4. The van der Waals surface area contributed by atoms with Crippen LogP contribution in [0.4, 0.5) is 0 Å². The van der Waals surface area contributed by atoms with Crippen molar-refractivity contribution in [2.24, 2.45) is 0 Å². The third-order valence-electron chi connectivity index (χ3n) is 7.23. The fourth-order valence-electron chi connectivity index (χ4n) is 5.74. The topological polar surface area (TPSA) is 36.9 Å². The summed E-state index contributed by atoms with van der Waals surface area (Å²) < 4.78 is 23.8. The van der Waals surface area contributed by atoms with Gasteiger partial charge in [0.25, 0.3) is 0 Å². The van der Waals surface area contributed by atoms with E-state index in [4.69, 9.17) is 18.9 Å². The summed E-state index contributed by atoms with van der Waals surface area (Å²) in [5.74, 6) is 0.360. The largest absolute Gasteiger partial charge is 0.359 e. The normalized spacial score (nSPS) is 20.7. The van der Waals surface area contributed by atoms with E-state index in [2.05, 4.69) is 32.6 Å². The first-order valence-electron chi connectivity index (χ1n) is 12.1. The second kappa shape index (κ2) is 11.1. The van der Waals surface area contributed by atoms with Gasteiger partial charge in [-0.15, -0.1) is 0 Å². The highest BCUT2D eigenvalue weighted by molar-refractivity contribution is 5.56. The predicted molar refractivity (Wildman–Crippen MR) is 126 cm³/mol. The maximum Gasteiger partial charge on any atom is 0.147 e. The van der Waals surface area contributed by atoms with Gasteiger partial charge in [0.15, 0.2) is 0 Å². The summed E-state index contributed by atoms with van der Waals surface area (Å²) in [6.45, 7) is 9.35.